The maximum atomic E-state index is 12.9. The molecule has 2 aromatic carbocycles. The van der Waals surface area contributed by atoms with Crippen LogP contribution in [-0.4, -0.2) is 18.8 Å². The maximum absolute atomic E-state index is 12.9. The Morgan fingerprint density at radius 1 is 1.14 bits per heavy atom. The van der Waals surface area contributed by atoms with Gasteiger partial charge < -0.3 is 14.7 Å². The van der Waals surface area contributed by atoms with E-state index in [0.29, 0.717) is 18.9 Å². The quantitative estimate of drug-likeness (QED) is 0.873. The Hall–Kier alpha value is -2.23. The van der Waals surface area contributed by atoms with Gasteiger partial charge in [0.15, 0.2) is 0 Å². The minimum Gasteiger partial charge on any atom is -0.507 e. The summed E-state index contributed by atoms with van der Waals surface area (Å²) in [6.45, 7) is 3.20. The van der Waals surface area contributed by atoms with Crippen molar-refractivity contribution in [3.8, 4) is 11.5 Å². The Morgan fingerprint density at radius 2 is 1.86 bits per heavy atom. The van der Waals surface area contributed by atoms with Crippen molar-refractivity contribution in [3.05, 3.63) is 53.8 Å². The summed E-state index contributed by atoms with van der Waals surface area (Å²) >= 11 is 0. The summed E-state index contributed by atoms with van der Waals surface area (Å²) in [5, 5.41) is 10.1. The molecule has 2 rings (SSSR count). The number of phenolic OH excluding ortho intramolecular Hbond substituents is 1. The van der Waals surface area contributed by atoms with Crippen LogP contribution < -0.4 is 9.64 Å². The fourth-order valence-corrected chi connectivity index (χ4v) is 2.03. The van der Waals surface area contributed by atoms with Gasteiger partial charge in [0.2, 0.25) is 0 Å². The predicted octanol–water partition coefficient (Wildman–Crippen LogP) is 3.96. The van der Waals surface area contributed by atoms with Gasteiger partial charge in [-0.1, -0.05) is 6.92 Å². The number of halogens is 1. The number of benzene rings is 2. The average Bonchev–Trinajstić information content (AvgIpc) is 2.48. The predicted molar refractivity (Wildman–Crippen MR) is 82.4 cm³/mol. The average molecular weight is 289 g/mol. The first-order valence-corrected chi connectivity index (χ1v) is 7.01. The molecule has 0 aliphatic heterocycles. The molecule has 0 spiro atoms. The van der Waals surface area contributed by atoms with E-state index in [2.05, 4.69) is 0 Å². The second kappa shape index (κ2) is 6.97. The molecule has 0 heterocycles. The second-order valence-electron chi connectivity index (χ2n) is 4.97. The van der Waals surface area contributed by atoms with Crippen molar-refractivity contribution in [1.82, 2.24) is 0 Å². The molecule has 0 aliphatic rings. The summed E-state index contributed by atoms with van der Waals surface area (Å²) in [7, 11) is 1.90. The van der Waals surface area contributed by atoms with Crippen LogP contribution in [0.25, 0.3) is 0 Å². The van der Waals surface area contributed by atoms with Gasteiger partial charge in [0, 0.05) is 30.9 Å². The Kier molecular flexibility index (Phi) is 5.04. The van der Waals surface area contributed by atoms with Crippen LogP contribution in [0.2, 0.25) is 0 Å². The molecule has 0 fully saturated rings. The van der Waals surface area contributed by atoms with E-state index in [9.17, 15) is 9.50 Å². The number of hydrogen-bond donors (Lipinski definition) is 1. The van der Waals surface area contributed by atoms with Gasteiger partial charge in [0.25, 0.3) is 0 Å². The van der Waals surface area contributed by atoms with Crippen molar-refractivity contribution in [2.75, 3.05) is 18.6 Å². The zero-order valence-corrected chi connectivity index (χ0v) is 12.3. The molecule has 0 aromatic heterocycles. The number of ether oxygens (including phenoxy) is 1. The van der Waals surface area contributed by atoms with Gasteiger partial charge in [0.1, 0.15) is 17.3 Å². The van der Waals surface area contributed by atoms with E-state index in [-0.39, 0.29) is 11.6 Å². The third kappa shape index (κ3) is 4.12. The lowest BCUT2D eigenvalue weighted by Gasteiger charge is -2.20. The number of phenols is 1. The van der Waals surface area contributed by atoms with Crippen LogP contribution in [0.15, 0.2) is 42.5 Å². The fraction of sp³-hybridized carbons (Fsp3) is 0.294. The first-order chi connectivity index (χ1) is 10.1. The summed E-state index contributed by atoms with van der Waals surface area (Å²) in [5.41, 5.74) is 1.69. The first kappa shape index (κ1) is 15.2. The third-order valence-corrected chi connectivity index (χ3v) is 3.20. The molecule has 0 atom stereocenters. The van der Waals surface area contributed by atoms with Crippen molar-refractivity contribution < 1.29 is 14.2 Å². The smallest absolute Gasteiger partial charge is 0.124 e. The van der Waals surface area contributed by atoms with Gasteiger partial charge in [-0.2, -0.15) is 0 Å². The lowest BCUT2D eigenvalue weighted by atomic mass is 10.1. The SMILES string of the molecule is CCCOc1ccc(CN(C)c2ccc(F)cc2)c(O)c1. The van der Waals surface area contributed by atoms with Gasteiger partial charge in [-0.3, -0.25) is 0 Å². The Labute approximate surface area is 124 Å². The molecule has 4 heteroatoms. The molecule has 0 amide bonds. The lowest BCUT2D eigenvalue weighted by molar-refractivity contribution is 0.315. The van der Waals surface area contributed by atoms with Gasteiger partial charge >= 0.3 is 0 Å². The van der Waals surface area contributed by atoms with E-state index in [1.807, 2.05) is 31.0 Å². The van der Waals surface area contributed by atoms with Crippen molar-refractivity contribution >= 4 is 5.69 Å². The number of hydrogen-bond acceptors (Lipinski definition) is 3. The third-order valence-electron chi connectivity index (χ3n) is 3.20. The van der Waals surface area contributed by atoms with E-state index in [1.165, 1.54) is 12.1 Å². The molecular weight excluding hydrogens is 269 g/mol. The Bertz CT molecular complexity index is 584. The van der Waals surface area contributed by atoms with E-state index in [4.69, 9.17) is 4.74 Å². The fourth-order valence-electron chi connectivity index (χ4n) is 2.03. The summed E-state index contributed by atoms with van der Waals surface area (Å²) < 4.78 is 18.4. The van der Waals surface area contributed by atoms with Crippen LogP contribution >= 0.6 is 0 Å². The summed E-state index contributed by atoms with van der Waals surface area (Å²) in [6, 6.07) is 11.6. The van der Waals surface area contributed by atoms with Gasteiger partial charge in [-0.05, 0) is 42.8 Å². The molecule has 3 nitrogen and oxygen atoms in total. The highest BCUT2D eigenvalue weighted by atomic mass is 19.1. The lowest BCUT2D eigenvalue weighted by Crippen LogP contribution is -2.16. The normalized spacial score (nSPS) is 10.4. The van der Waals surface area contributed by atoms with E-state index < -0.39 is 0 Å². The highest BCUT2D eigenvalue weighted by Crippen LogP contribution is 2.26. The number of anilines is 1. The first-order valence-electron chi connectivity index (χ1n) is 7.01. The number of rotatable bonds is 6. The summed E-state index contributed by atoms with van der Waals surface area (Å²) in [6.07, 6.45) is 0.926. The largest absolute Gasteiger partial charge is 0.507 e. The highest BCUT2D eigenvalue weighted by Gasteiger charge is 2.08. The summed E-state index contributed by atoms with van der Waals surface area (Å²) in [4.78, 5) is 1.95. The van der Waals surface area contributed by atoms with Crippen molar-refractivity contribution in [2.24, 2.45) is 0 Å². The summed E-state index contributed by atoms with van der Waals surface area (Å²) in [5.74, 6) is 0.618. The topological polar surface area (TPSA) is 32.7 Å². The Balaban J connectivity index is 2.06. The molecule has 1 N–H and O–H groups in total. The molecule has 2 aromatic rings. The monoisotopic (exact) mass is 289 g/mol. The number of aromatic hydroxyl groups is 1. The van der Waals surface area contributed by atoms with Gasteiger partial charge in [0.05, 0.1) is 6.61 Å². The van der Waals surface area contributed by atoms with Crippen LogP contribution in [0.4, 0.5) is 10.1 Å². The second-order valence-corrected chi connectivity index (χ2v) is 4.97. The molecule has 0 saturated heterocycles. The molecule has 0 saturated carbocycles. The zero-order valence-electron chi connectivity index (χ0n) is 12.3. The molecule has 0 unspecified atom stereocenters. The van der Waals surface area contributed by atoms with Gasteiger partial charge in [-0.25, -0.2) is 4.39 Å². The Morgan fingerprint density at radius 3 is 2.48 bits per heavy atom. The molecule has 0 radical (unpaired) electrons. The van der Waals surface area contributed by atoms with Crippen LogP contribution in [0.1, 0.15) is 18.9 Å². The maximum Gasteiger partial charge on any atom is 0.124 e. The number of nitrogens with zero attached hydrogens (tertiary/aromatic N) is 1. The molecule has 112 valence electrons. The molecule has 0 aliphatic carbocycles. The molecule has 0 bridgehead atoms. The van der Waals surface area contributed by atoms with E-state index in [1.54, 1.807) is 18.2 Å². The van der Waals surface area contributed by atoms with Crippen LogP contribution in [0.5, 0.6) is 11.5 Å². The van der Waals surface area contributed by atoms with Crippen molar-refractivity contribution in [2.45, 2.75) is 19.9 Å². The van der Waals surface area contributed by atoms with E-state index >= 15 is 0 Å². The van der Waals surface area contributed by atoms with Crippen LogP contribution in [-0.2, 0) is 6.54 Å². The molecule has 21 heavy (non-hydrogen) atoms. The standard InChI is InChI=1S/C17H20FNO2/c1-3-10-21-16-9-4-13(17(20)11-16)12-19(2)15-7-5-14(18)6-8-15/h4-9,11,20H,3,10,12H2,1-2H3. The van der Waals surface area contributed by atoms with Crippen LogP contribution in [0, 0.1) is 5.82 Å². The minimum atomic E-state index is -0.257. The van der Waals surface area contributed by atoms with E-state index in [0.717, 1.165) is 17.7 Å². The molecular formula is C17H20FNO2. The van der Waals surface area contributed by atoms with Crippen LogP contribution in [0.3, 0.4) is 0 Å². The highest BCUT2D eigenvalue weighted by molar-refractivity contribution is 5.48. The van der Waals surface area contributed by atoms with Crippen molar-refractivity contribution in [3.63, 3.8) is 0 Å². The van der Waals surface area contributed by atoms with Crippen molar-refractivity contribution in [1.29, 1.82) is 0 Å². The zero-order chi connectivity index (χ0) is 15.2. The minimum absolute atomic E-state index is 0.206. The van der Waals surface area contributed by atoms with Gasteiger partial charge in [-0.15, -0.1) is 0 Å².